The van der Waals surface area contributed by atoms with Gasteiger partial charge in [0.25, 0.3) is 0 Å². The number of carbonyl (C=O) groups is 1. The first kappa shape index (κ1) is 13.8. The van der Waals surface area contributed by atoms with Crippen molar-refractivity contribution in [3.63, 3.8) is 0 Å². The summed E-state index contributed by atoms with van der Waals surface area (Å²) in [5.41, 5.74) is 2.27. The summed E-state index contributed by atoms with van der Waals surface area (Å²) < 4.78 is 14.0. The van der Waals surface area contributed by atoms with E-state index in [-0.39, 0.29) is 18.1 Å². The zero-order valence-corrected chi connectivity index (χ0v) is 12.6. The molecular weight excluding hydrogens is 335 g/mol. The van der Waals surface area contributed by atoms with Crippen LogP contribution in [0.25, 0.3) is 10.9 Å². The van der Waals surface area contributed by atoms with Crippen molar-refractivity contribution in [2.24, 2.45) is 0 Å². The minimum absolute atomic E-state index is 0.118. The maximum Gasteiger partial charge on any atom is 0.228 e. The molecule has 1 aromatic heterocycles. The summed E-state index contributed by atoms with van der Waals surface area (Å²) in [4.78, 5) is 15.1. The van der Waals surface area contributed by atoms with Crippen LogP contribution in [0.1, 0.15) is 5.56 Å². The number of fused-ring (bicyclic) bond motifs is 1. The van der Waals surface area contributed by atoms with Crippen molar-refractivity contribution in [2.75, 3.05) is 5.32 Å². The van der Waals surface area contributed by atoms with E-state index in [1.54, 1.807) is 12.3 Å². The Morgan fingerprint density at radius 2 is 2.05 bits per heavy atom. The lowest BCUT2D eigenvalue weighted by atomic mass is 10.1. The van der Waals surface area contributed by atoms with Crippen LogP contribution in [0.4, 0.5) is 10.1 Å². The normalized spacial score (nSPS) is 10.8. The smallest absolute Gasteiger partial charge is 0.228 e. The number of nitrogens with one attached hydrogen (secondary N) is 2. The van der Waals surface area contributed by atoms with E-state index in [0.717, 1.165) is 21.1 Å². The SMILES string of the molecule is O=C(Cc1c[nH]c2cc(F)ccc12)Nc1ccccc1Br. The third-order valence-corrected chi connectivity index (χ3v) is 3.92. The quantitative estimate of drug-likeness (QED) is 0.731. The van der Waals surface area contributed by atoms with Gasteiger partial charge in [0, 0.05) is 21.6 Å². The van der Waals surface area contributed by atoms with Crippen LogP contribution in [0.3, 0.4) is 0 Å². The Bertz CT molecular complexity index is 813. The molecule has 0 saturated carbocycles. The maximum atomic E-state index is 13.1. The number of rotatable bonds is 3. The Morgan fingerprint density at radius 3 is 2.86 bits per heavy atom. The molecule has 2 aromatic carbocycles. The number of hydrogen-bond donors (Lipinski definition) is 2. The molecule has 0 unspecified atom stereocenters. The molecule has 0 aliphatic rings. The van der Waals surface area contributed by atoms with E-state index in [1.165, 1.54) is 12.1 Å². The second-order valence-corrected chi connectivity index (χ2v) is 5.56. The molecule has 0 radical (unpaired) electrons. The number of H-pyrrole nitrogens is 1. The van der Waals surface area contributed by atoms with E-state index in [4.69, 9.17) is 0 Å². The van der Waals surface area contributed by atoms with Crippen LogP contribution < -0.4 is 5.32 Å². The van der Waals surface area contributed by atoms with Crippen molar-refractivity contribution in [1.29, 1.82) is 0 Å². The second kappa shape index (κ2) is 5.69. The summed E-state index contributed by atoms with van der Waals surface area (Å²) >= 11 is 3.39. The van der Waals surface area contributed by atoms with Gasteiger partial charge in [-0.15, -0.1) is 0 Å². The lowest BCUT2D eigenvalue weighted by Crippen LogP contribution is -2.14. The predicted octanol–water partition coefficient (Wildman–Crippen LogP) is 4.25. The van der Waals surface area contributed by atoms with Crippen molar-refractivity contribution in [3.05, 3.63) is 64.5 Å². The number of aromatic nitrogens is 1. The molecule has 0 atom stereocenters. The average molecular weight is 347 g/mol. The molecule has 2 N–H and O–H groups in total. The Kier molecular flexibility index (Phi) is 3.75. The molecule has 3 rings (SSSR count). The molecule has 0 fully saturated rings. The minimum Gasteiger partial charge on any atom is -0.361 e. The minimum atomic E-state index is -0.298. The van der Waals surface area contributed by atoms with Gasteiger partial charge in [0.2, 0.25) is 5.91 Å². The fraction of sp³-hybridized carbons (Fsp3) is 0.0625. The van der Waals surface area contributed by atoms with Crippen molar-refractivity contribution in [3.8, 4) is 0 Å². The zero-order valence-electron chi connectivity index (χ0n) is 11.0. The van der Waals surface area contributed by atoms with Gasteiger partial charge in [-0.05, 0) is 51.8 Å². The van der Waals surface area contributed by atoms with E-state index in [0.29, 0.717) is 5.52 Å². The van der Waals surface area contributed by atoms with Crippen LogP contribution in [0.2, 0.25) is 0 Å². The van der Waals surface area contributed by atoms with E-state index in [1.807, 2.05) is 24.3 Å². The van der Waals surface area contributed by atoms with Gasteiger partial charge in [-0.2, -0.15) is 0 Å². The largest absolute Gasteiger partial charge is 0.361 e. The highest BCUT2D eigenvalue weighted by molar-refractivity contribution is 9.10. The summed E-state index contributed by atoms with van der Waals surface area (Å²) in [5, 5.41) is 3.71. The lowest BCUT2D eigenvalue weighted by Gasteiger charge is -2.06. The predicted molar refractivity (Wildman–Crippen MR) is 84.7 cm³/mol. The molecule has 1 amide bonds. The first-order chi connectivity index (χ1) is 10.1. The lowest BCUT2D eigenvalue weighted by molar-refractivity contribution is -0.115. The van der Waals surface area contributed by atoms with Gasteiger partial charge in [-0.1, -0.05) is 12.1 Å². The number of benzene rings is 2. The van der Waals surface area contributed by atoms with Crippen LogP contribution in [0, 0.1) is 5.82 Å². The van der Waals surface area contributed by atoms with Gasteiger partial charge in [0.15, 0.2) is 0 Å². The molecule has 106 valence electrons. The molecule has 0 aliphatic carbocycles. The fourth-order valence-electron chi connectivity index (χ4n) is 2.23. The number of halogens is 2. The molecule has 0 spiro atoms. The number of carbonyl (C=O) groups excluding carboxylic acids is 1. The third-order valence-electron chi connectivity index (χ3n) is 3.23. The molecule has 5 heteroatoms. The van der Waals surface area contributed by atoms with E-state index < -0.39 is 0 Å². The number of anilines is 1. The summed E-state index contributed by atoms with van der Waals surface area (Å²) in [6.07, 6.45) is 1.97. The Hall–Kier alpha value is -2.14. The number of amides is 1. The van der Waals surface area contributed by atoms with Gasteiger partial charge in [0.1, 0.15) is 5.82 Å². The van der Waals surface area contributed by atoms with Gasteiger partial charge >= 0.3 is 0 Å². The molecule has 1 heterocycles. The van der Waals surface area contributed by atoms with Gasteiger partial charge in [-0.3, -0.25) is 4.79 Å². The first-order valence-electron chi connectivity index (χ1n) is 6.43. The van der Waals surface area contributed by atoms with E-state index in [9.17, 15) is 9.18 Å². The van der Waals surface area contributed by atoms with Crippen LogP contribution in [-0.4, -0.2) is 10.9 Å². The molecule has 0 bridgehead atoms. The molecule has 3 aromatic rings. The van der Waals surface area contributed by atoms with Gasteiger partial charge < -0.3 is 10.3 Å². The Labute approximate surface area is 129 Å². The van der Waals surface area contributed by atoms with Crippen molar-refractivity contribution < 1.29 is 9.18 Å². The van der Waals surface area contributed by atoms with Crippen molar-refractivity contribution in [1.82, 2.24) is 4.98 Å². The molecule has 0 aliphatic heterocycles. The maximum absolute atomic E-state index is 13.1. The first-order valence-corrected chi connectivity index (χ1v) is 7.22. The number of para-hydroxylation sites is 1. The van der Waals surface area contributed by atoms with Crippen LogP contribution in [0.15, 0.2) is 53.1 Å². The molecule has 0 saturated heterocycles. The molecule has 3 nitrogen and oxygen atoms in total. The third kappa shape index (κ3) is 2.97. The zero-order chi connectivity index (χ0) is 14.8. The molecule has 21 heavy (non-hydrogen) atoms. The standard InChI is InChI=1S/C16H12BrFN2O/c17-13-3-1-2-4-14(13)20-16(21)7-10-9-19-15-8-11(18)5-6-12(10)15/h1-6,8-9,19H,7H2,(H,20,21). The van der Waals surface area contributed by atoms with Crippen molar-refractivity contribution in [2.45, 2.75) is 6.42 Å². The van der Waals surface area contributed by atoms with Gasteiger partial charge in [-0.25, -0.2) is 4.39 Å². The van der Waals surface area contributed by atoms with Crippen molar-refractivity contribution >= 4 is 38.4 Å². The fourth-order valence-corrected chi connectivity index (χ4v) is 2.62. The Balaban J connectivity index is 1.79. The Morgan fingerprint density at radius 1 is 1.24 bits per heavy atom. The van der Waals surface area contributed by atoms with E-state index in [2.05, 4.69) is 26.2 Å². The highest BCUT2D eigenvalue weighted by Gasteiger charge is 2.10. The summed E-state index contributed by atoms with van der Waals surface area (Å²) in [5.74, 6) is -0.416. The average Bonchev–Trinajstić information content (AvgIpc) is 2.83. The summed E-state index contributed by atoms with van der Waals surface area (Å²) in [6.45, 7) is 0. The van der Waals surface area contributed by atoms with Crippen LogP contribution >= 0.6 is 15.9 Å². The monoisotopic (exact) mass is 346 g/mol. The molecular formula is C16H12BrFN2O. The number of hydrogen-bond acceptors (Lipinski definition) is 1. The highest BCUT2D eigenvalue weighted by atomic mass is 79.9. The number of aromatic amines is 1. The topological polar surface area (TPSA) is 44.9 Å². The highest BCUT2D eigenvalue weighted by Crippen LogP contribution is 2.23. The van der Waals surface area contributed by atoms with E-state index >= 15 is 0 Å². The van der Waals surface area contributed by atoms with Gasteiger partial charge in [0.05, 0.1) is 12.1 Å². The van der Waals surface area contributed by atoms with Crippen LogP contribution in [-0.2, 0) is 11.2 Å². The summed E-state index contributed by atoms with van der Waals surface area (Å²) in [6, 6.07) is 11.9. The summed E-state index contributed by atoms with van der Waals surface area (Å²) in [7, 11) is 0. The second-order valence-electron chi connectivity index (χ2n) is 4.71. The van der Waals surface area contributed by atoms with Crippen LogP contribution in [0.5, 0.6) is 0 Å².